The van der Waals surface area contributed by atoms with Crippen LogP contribution in [-0.4, -0.2) is 55.3 Å². The molecule has 0 radical (unpaired) electrons. The number of carbonyl (C=O) groups excluding carboxylic acids is 2. The Balaban J connectivity index is 0.000000924. The van der Waals surface area contributed by atoms with E-state index in [2.05, 4.69) is 32.3 Å². The molecule has 2 aromatic rings. The fourth-order valence-electron chi connectivity index (χ4n) is 4.15. The maximum Gasteiger partial charge on any atom is 0.338 e. The van der Waals surface area contributed by atoms with Gasteiger partial charge in [-0.2, -0.15) is 0 Å². The lowest BCUT2D eigenvalue weighted by atomic mass is 9.99. The summed E-state index contributed by atoms with van der Waals surface area (Å²) in [5.74, 6) is -0.615. The Labute approximate surface area is 235 Å². The number of rotatable bonds is 12. The van der Waals surface area contributed by atoms with Gasteiger partial charge in [-0.25, -0.2) is 4.79 Å². The molecule has 5 nitrogen and oxygen atoms in total. The van der Waals surface area contributed by atoms with Crippen LogP contribution in [0.15, 0.2) is 73.3 Å². The highest BCUT2D eigenvalue weighted by atomic mass is 32.2. The van der Waals surface area contributed by atoms with Gasteiger partial charge < -0.3 is 14.2 Å². The van der Waals surface area contributed by atoms with Crippen molar-refractivity contribution in [2.24, 2.45) is 0 Å². The van der Waals surface area contributed by atoms with Gasteiger partial charge in [0.05, 0.1) is 12.2 Å². The number of hydrogen-bond acceptors (Lipinski definition) is 6. The summed E-state index contributed by atoms with van der Waals surface area (Å²) in [5, 5.41) is 0. The Morgan fingerprint density at radius 3 is 2.34 bits per heavy atom. The third kappa shape index (κ3) is 11.4. The predicted molar refractivity (Wildman–Crippen MR) is 163 cm³/mol. The number of allylic oxidation sites excluding steroid dienone is 1. The lowest BCUT2D eigenvalue weighted by Crippen LogP contribution is -2.53. The molecule has 1 aliphatic rings. The Kier molecular flexibility index (Phi) is 17.9. The average Bonchev–Trinajstić information content (AvgIpc) is 2.96. The highest BCUT2D eigenvalue weighted by Crippen LogP contribution is 2.51. The lowest BCUT2D eigenvalue weighted by molar-refractivity contribution is -0.256. The Bertz CT molecular complexity index is 911. The second-order valence-electron chi connectivity index (χ2n) is 8.67. The van der Waals surface area contributed by atoms with Crippen LogP contribution < -0.4 is 0 Å². The minimum atomic E-state index is -0.884. The van der Waals surface area contributed by atoms with Gasteiger partial charge in [0.1, 0.15) is 6.10 Å². The molecule has 0 spiro atoms. The minimum absolute atomic E-state index is 0.0149. The summed E-state index contributed by atoms with van der Waals surface area (Å²) >= 11 is 1.24. The van der Waals surface area contributed by atoms with Gasteiger partial charge in [-0.05, 0) is 36.9 Å². The van der Waals surface area contributed by atoms with E-state index < -0.39 is 13.7 Å². The smallest absolute Gasteiger partial charge is 0.338 e. The topological polar surface area (TPSA) is 61.8 Å². The predicted octanol–water partition coefficient (Wildman–Crippen LogP) is 7.97. The molecule has 1 aliphatic heterocycles. The summed E-state index contributed by atoms with van der Waals surface area (Å²) in [4.78, 5) is 23.7. The van der Waals surface area contributed by atoms with Crippen LogP contribution in [0.4, 0.5) is 0 Å². The summed E-state index contributed by atoms with van der Waals surface area (Å²) in [6.07, 6.45) is 5.99. The van der Waals surface area contributed by atoms with E-state index in [0.717, 1.165) is 18.2 Å². The van der Waals surface area contributed by atoms with Crippen molar-refractivity contribution in [3.63, 3.8) is 0 Å². The van der Waals surface area contributed by atoms with E-state index in [1.54, 1.807) is 19.2 Å². The highest BCUT2D eigenvalue weighted by Gasteiger charge is 2.47. The summed E-state index contributed by atoms with van der Waals surface area (Å²) in [7, 11) is 1.08. The second kappa shape index (κ2) is 20.0. The number of benzene rings is 2. The molecule has 0 aromatic heterocycles. The largest absolute Gasteiger partial charge is 0.458 e. The number of unbranched alkanes of at least 4 members (excludes halogenated alkanes) is 1. The molecule has 1 saturated heterocycles. The van der Waals surface area contributed by atoms with Gasteiger partial charge in [0.2, 0.25) is 0 Å². The van der Waals surface area contributed by atoms with Gasteiger partial charge in [0.15, 0.2) is 11.4 Å². The zero-order chi connectivity index (χ0) is 28.2. The molecule has 4 unspecified atom stereocenters. The SMILES string of the molecule is C=CCCC.CC.COC1(C(CSC=O)P(C)Cc2ccccc2)CC(OC(=O)c2ccccc2)CCO1. The van der Waals surface area contributed by atoms with Crippen molar-refractivity contribution in [3.05, 3.63) is 84.4 Å². The molecule has 0 bridgehead atoms. The number of hydrogen-bond donors (Lipinski definition) is 0. The molecule has 4 atom stereocenters. The maximum atomic E-state index is 12.6. The lowest BCUT2D eigenvalue weighted by Gasteiger charge is -2.46. The first-order chi connectivity index (χ1) is 18.5. The molecule has 0 aliphatic carbocycles. The Hall–Kier alpha value is -1.98. The van der Waals surface area contributed by atoms with Gasteiger partial charge in [-0.1, -0.05) is 101 Å². The molecule has 0 amide bonds. The van der Waals surface area contributed by atoms with Gasteiger partial charge >= 0.3 is 5.97 Å². The van der Waals surface area contributed by atoms with Crippen LogP contribution in [0.5, 0.6) is 0 Å². The van der Waals surface area contributed by atoms with Crippen LogP contribution in [0.3, 0.4) is 0 Å². The van der Waals surface area contributed by atoms with Crippen molar-refractivity contribution < 1.29 is 23.8 Å². The number of esters is 1. The molecule has 3 rings (SSSR count). The number of thioether (sulfide) groups is 1. The second-order valence-corrected chi connectivity index (χ2v) is 12.0. The molecule has 1 fully saturated rings. The van der Waals surface area contributed by atoms with Gasteiger partial charge in [-0.3, -0.25) is 4.79 Å². The van der Waals surface area contributed by atoms with Crippen molar-refractivity contribution in [2.75, 3.05) is 26.1 Å². The molecule has 7 heteroatoms. The van der Waals surface area contributed by atoms with Crippen molar-refractivity contribution in [1.82, 2.24) is 0 Å². The Morgan fingerprint density at radius 1 is 1.18 bits per heavy atom. The molecule has 38 heavy (non-hydrogen) atoms. The van der Waals surface area contributed by atoms with Crippen LogP contribution in [0.2, 0.25) is 0 Å². The zero-order valence-electron chi connectivity index (χ0n) is 23.6. The van der Waals surface area contributed by atoms with E-state index in [9.17, 15) is 9.59 Å². The van der Waals surface area contributed by atoms with E-state index in [-0.39, 0.29) is 17.7 Å². The summed E-state index contributed by atoms with van der Waals surface area (Å²) < 4.78 is 18.0. The van der Waals surface area contributed by atoms with Gasteiger partial charge in [0, 0.05) is 31.4 Å². The van der Waals surface area contributed by atoms with Crippen LogP contribution in [0.1, 0.15) is 62.4 Å². The van der Waals surface area contributed by atoms with E-state index in [0.29, 0.717) is 30.8 Å². The van der Waals surface area contributed by atoms with Crippen molar-refractivity contribution in [1.29, 1.82) is 0 Å². The van der Waals surface area contributed by atoms with Gasteiger partial charge in [0.25, 0.3) is 0 Å². The first-order valence-electron chi connectivity index (χ1n) is 13.3. The third-order valence-corrected chi connectivity index (χ3v) is 9.47. The quantitative estimate of drug-likeness (QED) is 0.114. The summed E-state index contributed by atoms with van der Waals surface area (Å²) in [5.41, 5.74) is 2.68. The first kappa shape index (κ1) is 34.0. The normalized spacial score (nSPS) is 19.9. The highest BCUT2D eigenvalue weighted by molar-refractivity contribution is 8.12. The first-order valence-corrected chi connectivity index (χ1v) is 16.4. The monoisotopic (exact) mass is 560 g/mol. The molecule has 0 N–H and O–H groups in total. The van der Waals surface area contributed by atoms with Gasteiger partial charge in [-0.15, -0.1) is 6.58 Å². The van der Waals surface area contributed by atoms with Crippen LogP contribution in [0, 0.1) is 0 Å². The minimum Gasteiger partial charge on any atom is -0.458 e. The van der Waals surface area contributed by atoms with Crippen LogP contribution in [0.25, 0.3) is 0 Å². The number of ether oxygens (including phenoxy) is 3. The third-order valence-electron chi connectivity index (χ3n) is 6.06. The van der Waals surface area contributed by atoms with E-state index in [4.69, 9.17) is 14.2 Å². The van der Waals surface area contributed by atoms with Crippen molar-refractivity contribution in [2.45, 2.75) is 70.2 Å². The van der Waals surface area contributed by atoms with E-state index >= 15 is 0 Å². The standard InChI is InChI=1S/C24H29O5PS.C5H10.C2H6/c1-27-24(22(17-31-18-25)30(2)16-19-9-5-3-6-10-19)15-21(13-14-28-24)29-23(26)20-11-7-4-8-12-20;1-3-5-4-2;1-2/h3-12,18,21-22H,13-17H2,1-2H3;3H,1,4-5H2,2H3;1-2H3. The molecular weight excluding hydrogens is 515 g/mol. The van der Waals surface area contributed by atoms with Crippen LogP contribution >= 0.6 is 19.7 Å². The number of carbonyl (C=O) groups is 2. The Morgan fingerprint density at radius 2 is 1.82 bits per heavy atom. The van der Waals surface area contributed by atoms with E-state index in [1.807, 2.05) is 56.3 Å². The molecule has 1 heterocycles. The summed E-state index contributed by atoms with van der Waals surface area (Å²) in [6.45, 7) is 12.4. The molecule has 0 saturated carbocycles. The molecule has 210 valence electrons. The average molecular weight is 561 g/mol. The maximum absolute atomic E-state index is 12.6. The fourth-order valence-corrected chi connectivity index (χ4v) is 7.91. The van der Waals surface area contributed by atoms with Crippen molar-refractivity contribution in [3.8, 4) is 0 Å². The number of methoxy groups -OCH3 is 1. The summed E-state index contributed by atoms with van der Waals surface area (Å²) in [6, 6.07) is 19.3. The zero-order valence-corrected chi connectivity index (χ0v) is 25.3. The van der Waals surface area contributed by atoms with Crippen LogP contribution in [-0.2, 0) is 25.2 Å². The fraction of sp³-hybridized carbons (Fsp3) is 0.484. The van der Waals surface area contributed by atoms with E-state index in [1.165, 1.54) is 23.7 Å². The molecule has 2 aromatic carbocycles. The van der Waals surface area contributed by atoms with Crippen molar-refractivity contribution >= 4 is 31.3 Å². The molecular formula is C31H45O5PS.